The monoisotopic (exact) mass is 574 g/mol. The van der Waals surface area contributed by atoms with E-state index in [-0.39, 0.29) is 54.2 Å². The van der Waals surface area contributed by atoms with E-state index in [0.717, 1.165) is 0 Å². The van der Waals surface area contributed by atoms with Gasteiger partial charge < -0.3 is 30.3 Å². The van der Waals surface area contributed by atoms with Gasteiger partial charge in [0.1, 0.15) is 38.8 Å². The zero-order chi connectivity index (χ0) is 28.0. The molecule has 0 aliphatic heterocycles. The molecule has 0 saturated carbocycles. The molecule has 0 amide bonds. The number of aromatic hydroxyl groups is 5. The fraction of sp³-hybridized carbons (Fsp3) is 0.179. The fourth-order valence-corrected chi connectivity index (χ4v) is 6.06. The highest BCUT2D eigenvalue weighted by molar-refractivity contribution is 6.39. The van der Waals surface area contributed by atoms with Crippen molar-refractivity contribution >= 4 is 51.4 Å². The molecule has 0 saturated heterocycles. The summed E-state index contributed by atoms with van der Waals surface area (Å²) in [6.07, 6.45) is 0. The average Bonchev–Trinajstić information content (AvgIpc) is 2.84. The van der Waals surface area contributed by atoms with Crippen LogP contribution in [-0.2, 0) is 5.41 Å². The molecule has 0 fully saturated rings. The third kappa shape index (κ3) is 3.32. The van der Waals surface area contributed by atoms with Crippen LogP contribution in [0, 0.1) is 6.92 Å². The van der Waals surface area contributed by atoms with E-state index < -0.39 is 34.2 Å². The number of ketones is 1. The van der Waals surface area contributed by atoms with Gasteiger partial charge in [0.25, 0.3) is 0 Å². The van der Waals surface area contributed by atoms with E-state index in [1.807, 2.05) is 0 Å². The second-order valence-electron chi connectivity index (χ2n) is 9.68. The van der Waals surface area contributed by atoms with Gasteiger partial charge in [0, 0.05) is 21.9 Å². The zero-order valence-corrected chi connectivity index (χ0v) is 22.8. The third-order valence-electron chi connectivity index (χ3n) is 7.24. The van der Waals surface area contributed by atoms with Crippen LogP contribution in [0.1, 0.15) is 46.5 Å². The highest BCUT2D eigenvalue weighted by Crippen LogP contribution is 2.55. The zero-order valence-electron chi connectivity index (χ0n) is 20.5. The maximum Gasteiger partial charge on any atom is 0.201 e. The van der Waals surface area contributed by atoms with Gasteiger partial charge in [0.15, 0.2) is 5.75 Å². The van der Waals surface area contributed by atoms with Gasteiger partial charge in [-0.3, -0.25) is 4.79 Å². The van der Waals surface area contributed by atoms with E-state index in [4.69, 9.17) is 39.5 Å². The van der Waals surface area contributed by atoms with Crippen molar-refractivity contribution in [1.82, 2.24) is 0 Å². The lowest BCUT2D eigenvalue weighted by atomic mass is 9.67. The second kappa shape index (κ2) is 8.50. The molecule has 4 aromatic carbocycles. The summed E-state index contributed by atoms with van der Waals surface area (Å²) in [5, 5.41) is 54.3. The standard InChI is InChI=1S/C28H21Cl3O7/c1-9-16(25(36)22(31)27(38-4)20(9)29)12-7-11(32)5-10-6-13-18(23(34)17(10)12)24(35)19-14(28(13,2)3)8-15(33)21(30)26(19)37/h5-8,32-34,36-37H,1-4H3. The van der Waals surface area contributed by atoms with Crippen LogP contribution in [0.25, 0.3) is 21.9 Å². The molecule has 196 valence electrons. The van der Waals surface area contributed by atoms with Gasteiger partial charge in [-0.1, -0.05) is 48.7 Å². The van der Waals surface area contributed by atoms with Gasteiger partial charge in [-0.2, -0.15) is 0 Å². The number of benzene rings is 4. The number of halogens is 3. The Morgan fingerprint density at radius 2 is 1.34 bits per heavy atom. The molecule has 4 aromatic rings. The van der Waals surface area contributed by atoms with Gasteiger partial charge >= 0.3 is 0 Å². The molecular weight excluding hydrogens is 555 g/mol. The van der Waals surface area contributed by atoms with E-state index in [9.17, 15) is 30.3 Å². The lowest BCUT2D eigenvalue weighted by Crippen LogP contribution is -2.30. The summed E-state index contributed by atoms with van der Waals surface area (Å²) in [6, 6.07) is 5.67. The smallest absolute Gasteiger partial charge is 0.201 e. The molecule has 38 heavy (non-hydrogen) atoms. The first-order chi connectivity index (χ1) is 17.7. The number of rotatable bonds is 2. The summed E-state index contributed by atoms with van der Waals surface area (Å²) in [5.41, 5.74) is 0.116. The van der Waals surface area contributed by atoms with Crippen molar-refractivity contribution in [3.63, 3.8) is 0 Å². The fourth-order valence-electron chi connectivity index (χ4n) is 5.33. The number of hydrogen-bond donors (Lipinski definition) is 5. The molecule has 0 atom stereocenters. The van der Waals surface area contributed by atoms with Crippen molar-refractivity contribution < 1.29 is 35.1 Å². The molecule has 0 bridgehead atoms. The molecule has 0 spiro atoms. The number of phenolic OH excluding ortho intramolecular Hbond substituents is 5. The Labute approximate surface area is 232 Å². The quantitative estimate of drug-likeness (QED) is 0.171. The normalized spacial score (nSPS) is 13.9. The van der Waals surface area contributed by atoms with Crippen LogP contribution in [-0.4, -0.2) is 38.4 Å². The van der Waals surface area contributed by atoms with E-state index in [2.05, 4.69) is 0 Å². The first-order valence-electron chi connectivity index (χ1n) is 11.3. The number of carbonyl (C=O) groups is 1. The van der Waals surface area contributed by atoms with Crippen molar-refractivity contribution in [2.45, 2.75) is 26.2 Å². The van der Waals surface area contributed by atoms with E-state index in [0.29, 0.717) is 22.1 Å². The van der Waals surface area contributed by atoms with Crippen LogP contribution in [0.15, 0.2) is 24.3 Å². The van der Waals surface area contributed by atoms with E-state index >= 15 is 0 Å². The average molecular weight is 576 g/mol. The van der Waals surface area contributed by atoms with Crippen molar-refractivity contribution in [3.05, 3.63) is 67.2 Å². The Morgan fingerprint density at radius 1 is 0.763 bits per heavy atom. The molecular formula is C28H21Cl3O7. The number of phenols is 5. The molecule has 10 heteroatoms. The summed E-state index contributed by atoms with van der Waals surface area (Å²) >= 11 is 18.8. The summed E-state index contributed by atoms with van der Waals surface area (Å²) in [7, 11) is 1.35. The Hall–Kier alpha value is -3.52. The van der Waals surface area contributed by atoms with Crippen molar-refractivity contribution in [3.8, 4) is 45.6 Å². The number of methoxy groups -OCH3 is 1. The van der Waals surface area contributed by atoms with Gasteiger partial charge in [-0.15, -0.1) is 0 Å². The first-order valence-corrected chi connectivity index (χ1v) is 12.4. The summed E-state index contributed by atoms with van der Waals surface area (Å²) in [4.78, 5) is 13.8. The van der Waals surface area contributed by atoms with Crippen molar-refractivity contribution in [2.75, 3.05) is 7.11 Å². The van der Waals surface area contributed by atoms with Crippen molar-refractivity contribution in [1.29, 1.82) is 0 Å². The molecule has 0 unspecified atom stereocenters. The lowest BCUT2D eigenvalue weighted by molar-refractivity contribution is 0.102. The third-order valence-corrected chi connectivity index (χ3v) is 8.42. The van der Waals surface area contributed by atoms with Gasteiger partial charge in [0.2, 0.25) is 5.78 Å². The maximum atomic E-state index is 13.8. The first kappa shape index (κ1) is 26.1. The van der Waals surface area contributed by atoms with Crippen LogP contribution in [0.3, 0.4) is 0 Å². The summed E-state index contributed by atoms with van der Waals surface area (Å²) < 4.78 is 5.22. The summed E-state index contributed by atoms with van der Waals surface area (Å²) in [6.45, 7) is 5.13. The number of fused-ring (bicyclic) bond motifs is 3. The minimum absolute atomic E-state index is 0.0577. The number of carbonyl (C=O) groups excluding carboxylic acids is 1. The lowest BCUT2D eigenvalue weighted by Gasteiger charge is -2.35. The van der Waals surface area contributed by atoms with Gasteiger partial charge in [-0.05, 0) is 53.3 Å². The Kier molecular flexibility index (Phi) is 5.84. The Morgan fingerprint density at radius 3 is 1.97 bits per heavy atom. The highest BCUT2D eigenvalue weighted by Gasteiger charge is 2.42. The largest absolute Gasteiger partial charge is 0.508 e. The molecule has 5 rings (SSSR count). The van der Waals surface area contributed by atoms with Crippen LogP contribution in [0.4, 0.5) is 0 Å². The Bertz CT molecular complexity index is 1710. The van der Waals surface area contributed by atoms with Crippen LogP contribution < -0.4 is 4.74 Å². The highest BCUT2D eigenvalue weighted by atomic mass is 35.5. The topological polar surface area (TPSA) is 127 Å². The molecule has 1 aliphatic rings. The van der Waals surface area contributed by atoms with E-state index in [1.54, 1.807) is 26.8 Å². The van der Waals surface area contributed by atoms with Crippen LogP contribution in [0.5, 0.6) is 34.5 Å². The molecule has 0 aromatic heterocycles. The molecule has 5 N–H and O–H groups in total. The van der Waals surface area contributed by atoms with Crippen LogP contribution >= 0.6 is 34.8 Å². The predicted molar refractivity (Wildman–Crippen MR) is 146 cm³/mol. The van der Waals surface area contributed by atoms with Gasteiger partial charge in [-0.25, -0.2) is 0 Å². The molecule has 0 heterocycles. The molecule has 0 radical (unpaired) electrons. The number of ether oxygens (including phenoxy) is 1. The molecule has 1 aliphatic carbocycles. The second-order valence-corrected chi connectivity index (χ2v) is 10.8. The minimum Gasteiger partial charge on any atom is -0.508 e. The van der Waals surface area contributed by atoms with Crippen LogP contribution in [0.2, 0.25) is 15.1 Å². The summed E-state index contributed by atoms with van der Waals surface area (Å²) in [5.74, 6) is -2.67. The van der Waals surface area contributed by atoms with Crippen molar-refractivity contribution in [2.24, 2.45) is 0 Å². The predicted octanol–water partition coefficient (Wildman–Crippen LogP) is 7.18. The molecule has 7 nitrogen and oxygen atoms in total. The maximum absolute atomic E-state index is 13.8. The van der Waals surface area contributed by atoms with Gasteiger partial charge in [0.05, 0.1) is 23.3 Å². The minimum atomic E-state index is -0.986. The number of hydrogen-bond acceptors (Lipinski definition) is 7. The SMILES string of the molecule is COc1c(Cl)c(C)c(-c2cc(O)cc3cc4c(c(O)c23)C(=O)c2c(cc(O)c(Cl)c2O)C4(C)C)c(O)c1Cl. The van der Waals surface area contributed by atoms with E-state index in [1.165, 1.54) is 25.3 Å². The Balaban J connectivity index is 1.94.